The number of rotatable bonds is 3. The molecule has 0 bridgehead atoms. The lowest BCUT2D eigenvalue weighted by molar-refractivity contribution is 0.282. The van der Waals surface area contributed by atoms with Crippen molar-refractivity contribution in [1.29, 1.82) is 0 Å². The molecule has 0 amide bonds. The number of amidine groups is 1. The summed E-state index contributed by atoms with van der Waals surface area (Å²) in [6.45, 7) is 0. The summed E-state index contributed by atoms with van der Waals surface area (Å²) in [7, 11) is -0.217. The monoisotopic (exact) mass is 242 g/mol. The zero-order chi connectivity index (χ0) is 11.5. The first kappa shape index (κ1) is 10.6. The Labute approximate surface area is 104 Å². The molecule has 2 heterocycles. The summed E-state index contributed by atoms with van der Waals surface area (Å²) < 4.78 is 5.45. The normalized spacial score (nSPS) is 14.6. The predicted octanol–water partition coefficient (Wildman–Crippen LogP) is 1.62. The maximum atomic E-state index is 5.45. The Morgan fingerprint density at radius 3 is 2.82 bits per heavy atom. The number of thiophene rings is 1. The lowest BCUT2D eigenvalue weighted by Gasteiger charge is -2.00. The molecule has 0 unspecified atom stereocenters. The third-order valence-corrected chi connectivity index (χ3v) is 3.44. The van der Waals surface area contributed by atoms with E-state index in [1.807, 2.05) is 36.4 Å². The van der Waals surface area contributed by atoms with Gasteiger partial charge in [-0.05, 0) is 16.9 Å². The van der Waals surface area contributed by atoms with E-state index in [4.69, 9.17) is 4.76 Å². The van der Waals surface area contributed by atoms with Gasteiger partial charge in [-0.3, -0.25) is 10.4 Å². The zero-order valence-corrected chi connectivity index (χ0v) is 9.98. The fourth-order valence-corrected chi connectivity index (χ4v) is 2.45. The van der Waals surface area contributed by atoms with Crippen LogP contribution in [0.3, 0.4) is 0 Å². The van der Waals surface area contributed by atoms with Crippen molar-refractivity contribution in [3.05, 3.63) is 52.7 Å². The highest BCUT2D eigenvalue weighted by molar-refractivity contribution is 7.10. The van der Waals surface area contributed by atoms with Crippen LogP contribution >= 0.6 is 11.3 Å². The van der Waals surface area contributed by atoms with Gasteiger partial charge in [-0.1, -0.05) is 36.4 Å². The highest BCUT2D eigenvalue weighted by atomic mass is 32.1. The van der Waals surface area contributed by atoms with Gasteiger partial charge in [0.25, 0.3) is 0 Å². The van der Waals surface area contributed by atoms with E-state index in [0.717, 1.165) is 17.7 Å². The van der Waals surface area contributed by atoms with Crippen molar-refractivity contribution in [3.8, 4) is 0 Å². The molecule has 0 fully saturated rings. The Bertz CT molecular complexity index is 513. The molecule has 0 atom stereocenters. The molecule has 1 aromatic carbocycles. The second-order valence-electron chi connectivity index (χ2n) is 3.81. The first-order chi connectivity index (χ1) is 8.42. The van der Waals surface area contributed by atoms with Gasteiger partial charge >= 0.3 is 7.05 Å². The molecule has 5 heteroatoms. The van der Waals surface area contributed by atoms with Gasteiger partial charge in [0.15, 0.2) is 0 Å². The summed E-state index contributed by atoms with van der Waals surface area (Å²) in [6, 6.07) is 14.2. The predicted molar refractivity (Wildman–Crippen MR) is 71.5 cm³/mol. The van der Waals surface area contributed by atoms with Crippen molar-refractivity contribution >= 4 is 29.7 Å². The van der Waals surface area contributed by atoms with Crippen LogP contribution in [0.5, 0.6) is 0 Å². The van der Waals surface area contributed by atoms with Gasteiger partial charge in [0, 0.05) is 11.3 Å². The van der Waals surface area contributed by atoms with Crippen molar-refractivity contribution < 1.29 is 4.76 Å². The number of nitrogens with zero attached hydrogens (tertiary/aromatic N) is 1. The van der Waals surface area contributed by atoms with Crippen molar-refractivity contribution in [2.75, 3.05) is 0 Å². The average molecular weight is 242 g/mol. The molecule has 0 spiro atoms. The molecule has 0 saturated heterocycles. The summed E-state index contributed by atoms with van der Waals surface area (Å²) in [6.07, 6.45) is 0.807. The largest absolute Gasteiger partial charge is 0.496 e. The first-order valence-corrected chi connectivity index (χ1v) is 6.35. The van der Waals surface area contributed by atoms with E-state index in [2.05, 4.69) is 21.8 Å². The molecule has 84 valence electrons. The van der Waals surface area contributed by atoms with Crippen LogP contribution in [-0.4, -0.2) is 12.9 Å². The van der Waals surface area contributed by atoms with E-state index >= 15 is 0 Å². The SMILES string of the molecule is c1ccc(B2N=C(Cc3cccs3)NO2)cc1. The van der Waals surface area contributed by atoms with E-state index in [9.17, 15) is 0 Å². The fourth-order valence-electron chi connectivity index (χ4n) is 1.74. The van der Waals surface area contributed by atoms with Crippen LogP contribution in [0.25, 0.3) is 0 Å². The van der Waals surface area contributed by atoms with Gasteiger partial charge in [-0.15, -0.1) is 11.3 Å². The minimum atomic E-state index is -0.217. The van der Waals surface area contributed by atoms with Crippen LogP contribution in [0.1, 0.15) is 4.88 Å². The van der Waals surface area contributed by atoms with E-state index in [1.54, 1.807) is 11.3 Å². The molecule has 2 aromatic rings. The molecule has 0 aliphatic carbocycles. The number of nitrogens with one attached hydrogen (secondary N) is 1. The van der Waals surface area contributed by atoms with Crippen LogP contribution in [0.15, 0.2) is 52.7 Å². The van der Waals surface area contributed by atoms with Crippen LogP contribution in [-0.2, 0) is 11.2 Å². The van der Waals surface area contributed by atoms with Gasteiger partial charge in [0.05, 0.1) is 0 Å². The standard InChI is InChI=1S/C12H11BN2OS/c1-2-5-10(6-3-1)13-14-12(15-16-13)9-11-7-4-8-17-11/h1-8H,9H2,(H,14,15). The molecule has 1 aromatic heterocycles. The van der Waals surface area contributed by atoms with Crippen LogP contribution < -0.4 is 10.9 Å². The summed E-state index contributed by atoms with van der Waals surface area (Å²) in [5, 5.41) is 2.07. The molecule has 1 N–H and O–H groups in total. The fraction of sp³-hybridized carbons (Fsp3) is 0.0833. The summed E-state index contributed by atoms with van der Waals surface area (Å²) >= 11 is 1.73. The van der Waals surface area contributed by atoms with Crippen LogP contribution in [0.4, 0.5) is 0 Å². The number of hydrogen-bond acceptors (Lipinski definition) is 4. The van der Waals surface area contributed by atoms with Crippen LogP contribution in [0.2, 0.25) is 0 Å². The Balaban J connectivity index is 1.73. The number of hydroxylamine groups is 1. The van der Waals surface area contributed by atoms with Gasteiger partial charge in [0.2, 0.25) is 0 Å². The van der Waals surface area contributed by atoms with Gasteiger partial charge in [-0.25, -0.2) is 0 Å². The second kappa shape index (κ2) is 4.73. The van der Waals surface area contributed by atoms with E-state index in [1.165, 1.54) is 4.88 Å². The summed E-state index contributed by atoms with van der Waals surface area (Å²) in [4.78, 5) is 5.81. The average Bonchev–Trinajstić information content (AvgIpc) is 3.02. The maximum Gasteiger partial charge on any atom is 0.496 e. The van der Waals surface area contributed by atoms with Crippen molar-refractivity contribution in [2.24, 2.45) is 4.90 Å². The van der Waals surface area contributed by atoms with Gasteiger partial charge in [-0.2, -0.15) is 0 Å². The molecule has 0 radical (unpaired) electrons. The Morgan fingerprint density at radius 2 is 2.06 bits per heavy atom. The minimum absolute atomic E-state index is 0.217. The molecule has 1 aliphatic heterocycles. The van der Waals surface area contributed by atoms with E-state index in [-0.39, 0.29) is 7.05 Å². The maximum absolute atomic E-state index is 5.45. The number of benzene rings is 1. The quantitative estimate of drug-likeness (QED) is 0.830. The van der Waals surface area contributed by atoms with Crippen molar-refractivity contribution in [3.63, 3.8) is 0 Å². The molecular weight excluding hydrogens is 231 g/mol. The topological polar surface area (TPSA) is 33.6 Å². The lowest BCUT2D eigenvalue weighted by Crippen LogP contribution is -2.31. The Kier molecular flexibility index (Phi) is 2.94. The minimum Gasteiger partial charge on any atom is -0.300 e. The molecular formula is C12H11BN2OS. The third-order valence-electron chi connectivity index (χ3n) is 2.57. The molecule has 3 rings (SSSR count). The summed E-state index contributed by atoms with van der Waals surface area (Å²) in [5.41, 5.74) is 3.97. The summed E-state index contributed by atoms with van der Waals surface area (Å²) in [5.74, 6) is 0.890. The van der Waals surface area contributed by atoms with E-state index in [0.29, 0.717) is 0 Å². The van der Waals surface area contributed by atoms with Crippen molar-refractivity contribution in [2.45, 2.75) is 6.42 Å². The highest BCUT2D eigenvalue weighted by Gasteiger charge is 2.26. The highest BCUT2D eigenvalue weighted by Crippen LogP contribution is 2.11. The number of hydrogen-bond donors (Lipinski definition) is 1. The third kappa shape index (κ3) is 2.40. The smallest absolute Gasteiger partial charge is 0.300 e. The lowest BCUT2D eigenvalue weighted by atomic mass is 9.75. The second-order valence-corrected chi connectivity index (χ2v) is 4.85. The van der Waals surface area contributed by atoms with Gasteiger partial charge < -0.3 is 4.76 Å². The first-order valence-electron chi connectivity index (χ1n) is 5.47. The molecule has 17 heavy (non-hydrogen) atoms. The molecule has 3 nitrogen and oxygen atoms in total. The zero-order valence-electron chi connectivity index (χ0n) is 9.17. The Hall–Kier alpha value is -1.59. The molecule has 0 saturated carbocycles. The van der Waals surface area contributed by atoms with Crippen molar-refractivity contribution in [1.82, 2.24) is 5.48 Å². The van der Waals surface area contributed by atoms with Gasteiger partial charge in [0.1, 0.15) is 5.84 Å². The Morgan fingerprint density at radius 1 is 1.18 bits per heavy atom. The van der Waals surface area contributed by atoms with E-state index < -0.39 is 0 Å². The molecule has 1 aliphatic rings. The van der Waals surface area contributed by atoms with Crippen LogP contribution in [0, 0.1) is 0 Å².